The average Bonchev–Trinajstić information content (AvgIpc) is 2.93. The van der Waals surface area contributed by atoms with Crippen LogP contribution in [0.15, 0.2) is 39.8 Å². The summed E-state index contributed by atoms with van der Waals surface area (Å²) >= 11 is 0. The van der Waals surface area contributed by atoms with E-state index in [1.807, 2.05) is 25.1 Å². The second kappa shape index (κ2) is 6.90. The smallest absolute Gasteiger partial charge is 0.265 e. The van der Waals surface area contributed by atoms with Crippen molar-refractivity contribution < 1.29 is 9.21 Å². The number of hydrogen-bond donors (Lipinski definition) is 2. The normalized spacial score (nSPS) is 11.0. The number of aryl methyl sites for hydroxylation is 2. The molecule has 0 bridgehead atoms. The summed E-state index contributed by atoms with van der Waals surface area (Å²) in [5.74, 6) is -0.0194. The van der Waals surface area contributed by atoms with Crippen molar-refractivity contribution in [2.45, 2.75) is 20.4 Å². The molecule has 7 heteroatoms. The van der Waals surface area contributed by atoms with Crippen molar-refractivity contribution in [1.82, 2.24) is 14.9 Å². The van der Waals surface area contributed by atoms with Gasteiger partial charge < -0.3 is 19.6 Å². The quantitative estimate of drug-likeness (QED) is 0.743. The molecule has 0 fully saturated rings. The van der Waals surface area contributed by atoms with Crippen LogP contribution in [-0.2, 0) is 13.6 Å². The molecule has 2 N–H and O–H groups in total. The maximum Gasteiger partial charge on any atom is 0.265 e. The number of furan rings is 1. The summed E-state index contributed by atoms with van der Waals surface area (Å²) in [6.07, 6.45) is 1.37. The first kappa shape index (κ1) is 16.9. The second-order valence-electron chi connectivity index (χ2n) is 5.81. The lowest BCUT2D eigenvalue weighted by atomic mass is 10.1. The van der Waals surface area contributed by atoms with Crippen molar-refractivity contribution in [3.8, 4) is 0 Å². The third kappa shape index (κ3) is 3.32. The largest absolute Gasteiger partial charge is 0.442 e. The monoisotopic (exact) mass is 340 g/mol. The first-order chi connectivity index (χ1) is 12.0. The average molecular weight is 340 g/mol. The Labute approximate surface area is 144 Å². The Hall–Kier alpha value is -2.93. The van der Waals surface area contributed by atoms with Crippen molar-refractivity contribution in [2.24, 2.45) is 7.05 Å². The SMILES string of the molecule is CCNCc1cccc(NC(=O)c2c(C)oc3ncn(C)c(=O)c23)c1. The van der Waals surface area contributed by atoms with E-state index in [0.717, 1.165) is 18.7 Å². The molecule has 0 radical (unpaired) electrons. The zero-order valence-electron chi connectivity index (χ0n) is 14.4. The van der Waals surface area contributed by atoms with Crippen LogP contribution in [0.3, 0.4) is 0 Å². The number of amides is 1. The molecule has 0 aliphatic heterocycles. The van der Waals surface area contributed by atoms with Crippen molar-refractivity contribution in [3.05, 3.63) is 57.8 Å². The van der Waals surface area contributed by atoms with E-state index < -0.39 is 0 Å². The van der Waals surface area contributed by atoms with Gasteiger partial charge in [-0.2, -0.15) is 0 Å². The molecule has 0 aliphatic carbocycles. The van der Waals surface area contributed by atoms with Gasteiger partial charge in [0.05, 0.1) is 5.56 Å². The molecule has 0 unspecified atom stereocenters. The zero-order valence-corrected chi connectivity index (χ0v) is 14.4. The maximum absolute atomic E-state index is 12.7. The van der Waals surface area contributed by atoms with E-state index >= 15 is 0 Å². The summed E-state index contributed by atoms with van der Waals surface area (Å²) in [4.78, 5) is 29.2. The lowest BCUT2D eigenvalue weighted by molar-refractivity contribution is 0.102. The van der Waals surface area contributed by atoms with E-state index in [4.69, 9.17) is 4.42 Å². The van der Waals surface area contributed by atoms with E-state index in [0.29, 0.717) is 11.4 Å². The van der Waals surface area contributed by atoms with Gasteiger partial charge in [-0.1, -0.05) is 19.1 Å². The molecule has 7 nitrogen and oxygen atoms in total. The Kier molecular flexibility index (Phi) is 4.67. The van der Waals surface area contributed by atoms with Gasteiger partial charge >= 0.3 is 0 Å². The maximum atomic E-state index is 12.7. The van der Waals surface area contributed by atoms with E-state index in [1.54, 1.807) is 20.0 Å². The number of carbonyl (C=O) groups is 1. The molecule has 0 spiro atoms. The number of carbonyl (C=O) groups excluding carboxylic acids is 1. The molecule has 0 saturated carbocycles. The van der Waals surface area contributed by atoms with Crippen LogP contribution in [0.25, 0.3) is 11.1 Å². The summed E-state index contributed by atoms with van der Waals surface area (Å²) in [5, 5.41) is 6.28. The predicted octanol–water partition coefficient (Wildman–Crippen LogP) is 2.20. The van der Waals surface area contributed by atoms with Crippen LogP contribution in [0, 0.1) is 6.92 Å². The number of nitrogens with zero attached hydrogens (tertiary/aromatic N) is 2. The fourth-order valence-corrected chi connectivity index (χ4v) is 2.68. The molecule has 2 heterocycles. The van der Waals surface area contributed by atoms with Crippen LogP contribution >= 0.6 is 0 Å². The van der Waals surface area contributed by atoms with Gasteiger partial charge in [0.25, 0.3) is 11.5 Å². The summed E-state index contributed by atoms with van der Waals surface area (Å²) in [6.45, 7) is 5.27. The lowest BCUT2D eigenvalue weighted by Crippen LogP contribution is -2.20. The van der Waals surface area contributed by atoms with Gasteiger partial charge in [-0.05, 0) is 31.2 Å². The number of nitrogens with one attached hydrogen (secondary N) is 2. The number of benzene rings is 1. The fourth-order valence-electron chi connectivity index (χ4n) is 2.68. The van der Waals surface area contributed by atoms with Crippen molar-refractivity contribution in [2.75, 3.05) is 11.9 Å². The molecule has 1 aromatic carbocycles. The highest BCUT2D eigenvalue weighted by molar-refractivity contribution is 6.12. The lowest BCUT2D eigenvalue weighted by Gasteiger charge is -2.08. The molecule has 0 aliphatic rings. The summed E-state index contributed by atoms with van der Waals surface area (Å²) in [6, 6.07) is 7.56. The van der Waals surface area contributed by atoms with Gasteiger partial charge in [-0.25, -0.2) is 4.98 Å². The molecule has 0 saturated heterocycles. The summed E-state index contributed by atoms with van der Waals surface area (Å²) in [7, 11) is 1.59. The molecule has 2 aromatic heterocycles. The molecule has 3 rings (SSSR count). The highest BCUT2D eigenvalue weighted by atomic mass is 16.3. The Morgan fingerprint density at radius 2 is 2.16 bits per heavy atom. The molecule has 3 aromatic rings. The standard InChI is InChI=1S/C18H20N4O3/c1-4-19-9-12-6-5-7-13(8-12)21-16(23)14-11(2)25-17-15(14)18(24)22(3)10-20-17/h5-8,10,19H,4,9H2,1-3H3,(H,21,23). The molecule has 0 atom stereocenters. The van der Waals surface area contributed by atoms with Gasteiger partial charge in [-0.3, -0.25) is 9.59 Å². The van der Waals surface area contributed by atoms with Crippen molar-refractivity contribution in [1.29, 1.82) is 0 Å². The molecule has 1 amide bonds. The molecular weight excluding hydrogens is 320 g/mol. The Balaban J connectivity index is 1.94. The highest BCUT2D eigenvalue weighted by Crippen LogP contribution is 2.22. The fraction of sp³-hybridized carbons (Fsp3) is 0.278. The van der Waals surface area contributed by atoms with Crippen LogP contribution in [0.1, 0.15) is 28.6 Å². The van der Waals surface area contributed by atoms with Crippen LogP contribution in [0.4, 0.5) is 5.69 Å². The van der Waals surface area contributed by atoms with E-state index in [1.165, 1.54) is 10.9 Å². The zero-order chi connectivity index (χ0) is 18.0. The van der Waals surface area contributed by atoms with Gasteiger partial charge in [0.1, 0.15) is 17.5 Å². The van der Waals surface area contributed by atoms with Crippen LogP contribution in [0.2, 0.25) is 0 Å². The summed E-state index contributed by atoms with van der Waals surface area (Å²) in [5.41, 5.74) is 1.81. The summed E-state index contributed by atoms with van der Waals surface area (Å²) < 4.78 is 6.80. The highest BCUT2D eigenvalue weighted by Gasteiger charge is 2.22. The topological polar surface area (TPSA) is 89.2 Å². The minimum atomic E-state index is -0.387. The minimum Gasteiger partial charge on any atom is -0.442 e. The van der Waals surface area contributed by atoms with Crippen molar-refractivity contribution in [3.63, 3.8) is 0 Å². The number of hydrogen-bond acceptors (Lipinski definition) is 5. The number of aromatic nitrogens is 2. The minimum absolute atomic E-state index is 0.173. The van der Waals surface area contributed by atoms with Crippen molar-refractivity contribution >= 4 is 22.7 Å². The number of fused-ring (bicyclic) bond motifs is 1. The Morgan fingerprint density at radius 3 is 2.92 bits per heavy atom. The third-order valence-corrected chi connectivity index (χ3v) is 3.94. The van der Waals surface area contributed by atoms with E-state index in [2.05, 4.69) is 15.6 Å². The predicted molar refractivity (Wildman–Crippen MR) is 95.8 cm³/mol. The first-order valence-corrected chi connectivity index (χ1v) is 8.07. The van der Waals surface area contributed by atoms with E-state index in [9.17, 15) is 9.59 Å². The van der Waals surface area contributed by atoms with Crippen LogP contribution in [0.5, 0.6) is 0 Å². The molecule has 25 heavy (non-hydrogen) atoms. The second-order valence-corrected chi connectivity index (χ2v) is 5.81. The number of anilines is 1. The van der Waals surface area contributed by atoms with Gasteiger partial charge in [0, 0.05) is 19.3 Å². The van der Waals surface area contributed by atoms with Crippen LogP contribution in [-0.4, -0.2) is 22.0 Å². The van der Waals surface area contributed by atoms with Gasteiger partial charge in [0.15, 0.2) is 0 Å². The Morgan fingerprint density at radius 1 is 1.36 bits per heavy atom. The van der Waals surface area contributed by atoms with Gasteiger partial charge in [0.2, 0.25) is 5.71 Å². The van der Waals surface area contributed by atoms with E-state index in [-0.39, 0.29) is 28.1 Å². The first-order valence-electron chi connectivity index (χ1n) is 8.07. The Bertz CT molecular complexity index is 988. The molecular formula is C18H20N4O3. The van der Waals surface area contributed by atoms with Crippen LogP contribution < -0.4 is 16.2 Å². The third-order valence-electron chi connectivity index (χ3n) is 3.94. The molecule has 130 valence electrons. The van der Waals surface area contributed by atoms with Gasteiger partial charge in [-0.15, -0.1) is 0 Å². The number of rotatable bonds is 5.